The van der Waals surface area contributed by atoms with E-state index in [2.05, 4.69) is 15.9 Å². The van der Waals surface area contributed by atoms with Crippen LogP contribution in [0.25, 0.3) is 0 Å². The number of hydrogen-bond donors (Lipinski definition) is 0. The SMILES string of the molecule is CC(Br)CCON1C(=O)c2ccccc2C1=O. The number of nitrogens with zero attached hydrogens (tertiary/aromatic N) is 1. The van der Waals surface area contributed by atoms with E-state index >= 15 is 0 Å². The summed E-state index contributed by atoms with van der Waals surface area (Å²) in [5.74, 6) is -0.763. The first-order valence-electron chi connectivity index (χ1n) is 5.36. The highest BCUT2D eigenvalue weighted by Crippen LogP contribution is 2.22. The molecule has 0 aliphatic carbocycles. The molecule has 17 heavy (non-hydrogen) atoms. The second kappa shape index (κ2) is 4.98. The van der Waals surface area contributed by atoms with Crippen molar-refractivity contribution in [2.75, 3.05) is 6.61 Å². The third-order valence-electron chi connectivity index (χ3n) is 2.49. The number of imide groups is 1. The first-order chi connectivity index (χ1) is 8.11. The normalized spacial score (nSPS) is 16.2. The molecular weight excluding hydrogens is 286 g/mol. The van der Waals surface area contributed by atoms with Gasteiger partial charge in [0.25, 0.3) is 11.8 Å². The summed E-state index contributed by atoms with van der Waals surface area (Å²) in [5.41, 5.74) is 0.814. The zero-order valence-electron chi connectivity index (χ0n) is 9.35. The molecule has 0 N–H and O–H groups in total. The molecule has 0 saturated heterocycles. The number of hydrogen-bond acceptors (Lipinski definition) is 3. The molecular formula is C12H12BrNO3. The summed E-state index contributed by atoms with van der Waals surface area (Å²) in [5, 5.41) is 0.847. The molecule has 1 unspecified atom stereocenters. The van der Waals surface area contributed by atoms with Crippen molar-refractivity contribution in [2.45, 2.75) is 18.2 Å². The summed E-state index contributed by atoms with van der Waals surface area (Å²) in [6.07, 6.45) is 0.730. The molecule has 4 nitrogen and oxygen atoms in total. The minimum Gasteiger partial charge on any atom is -0.266 e. The molecule has 2 amide bonds. The molecule has 0 aromatic heterocycles. The van der Waals surface area contributed by atoms with Crippen molar-refractivity contribution in [1.82, 2.24) is 5.06 Å². The third kappa shape index (κ3) is 2.40. The second-order valence-electron chi connectivity index (χ2n) is 3.85. The molecule has 1 aliphatic rings. The van der Waals surface area contributed by atoms with E-state index in [-0.39, 0.29) is 16.6 Å². The number of rotatable bonds is 4. The van der Waals surface area contributed by atoms with Crippen molar-refractivity contribution >= 4 is 27.7 Å². The Labute approximate surface area is 108 Å². The number of halogens is 1. The van der Waals surface area contributed by atoms with Crippen LogP contribution >= 0.6 is 15.9 Å². The largest absolute Gasteiger partial charge is 0.285 e. The molecule has 1 aromatic carbocycles. The lowest BCUT2D eigenvalue weighted by Crippen LogP contribution is -2.30. The summed E-state index contributed by atoms with van der Waals surface area (Å²) in [6.45, 7) is 2.31. The van der Waals surface area contributed by atoms with Crippen LogP contribution < -0.4 is 0 Å². The summed E-state index contributed by atoms with van der Waals surface area (Å²) >= 11 is 3.37. The molecule has 1 atom stereocenters. The van der Waals surface area contributed by atoms with Gasteiger partial charge in [-0.15, -0.1) is 5.06 Å². The van der Waals surface area contributed by atoms with Gasteiger partial charge in [0, 0.05) is 4.83 Å². The van der Waals surface area contributed by atoms with E-state index in [9.17, 15) is 9.59 Å². The van der Waals surface area contributed by atoms with Gasteiger partial charge in [-0.25, -0.2) is 0 Å². The lowest BCUT2D eigenvalue weighted by molar-refractivity contribution is -0.0916. The maximum Gasteiger partial charge on any atom is 0.285 e. The number of alkyl halides is 1. The molecule has 0 spiro atoms. The predicted octanol–water partition coefficient (Wildman–Crippen LogP) is 2.39. The second-order valence-corrected chi connectivity index (χ2v) is 5.42. The van der Waals surface area contributed by atoms with E-state index in [1.54, 1.807) is 24.3 Å². The summed E-state index contributed by atoms with van der Waals surface area (Å²) in [4.78, 5) is 29.2. The Hall–Kier alpha value is -1.20. The highest BCUT2D eigenvalue weighted by molar-refractivity contribution is 9.09. The zero-order chi connectivity index (χ0) is 12.4. The van der Waals surface area contributed by atoms with Gasteiger partial charge >= 0.3 is 0 Å². The minimum atomic E-state index is -0.382. The number of hydroxylamine groups is 2. The fraction of sp³-hybridized carbons (Fsp3) is 0.333. The Kier molecular flexibility index (Phi) is 3.59. The highest BCUT2D eigenvalue weighted by atomic mass is 79.9. The smallest absolute Gasteiger partial charge is 0.266 e. The van der Waals surface area contributed by atoms with Crippen molar-refractivity contribution in [3.8, 4) is 0 Å². The van der Waals surface area contributed by atoms with Crippen molar-refractivity contribution in [1.29, 1.82) is 0 Å². The van der Waals surface area contributed by atoms with Crippen LogP contribution in [-0.4, -0.2) is 28.3 Å². The Morgan fingerprint density at radius 3 is 2.24 bits per heavy atom. The van der Waals surface area contributed by atoms with Crippen LogP contribution in [0.3, 0.4) is 0 Å². The molecule has 90 valence electrons. The molecule has 2 rings (SSSR count). The molecule has 0 saturated carbocycles. The maximum atomic E-state index is 11.9. The molecule has 1 heterocycles. The summed E-state index contributed by atoms with van der Waals surface area (Å²) < 4.78 is 0. The Balaban J connectivity index is 2.08. The number of fused-ring (bicyclic) bond motifs is 1. The molecule has 0 radical (unpaired) electrons. The van der Waals surface area contributed by atoms with E-state index in [1.807, 2.05) is 6.92 Å². The van der Waals surface area contributed by atoms with Crippen LogP contribution in [0.15, 0.2) is 24.3 Å². The van der Waals surface area contributed by atoms with Gasteiger partial charge in [-0.05, 0) is 18.6 Å². The summed E-state index contributed by atoms with van der Waals surface area (Å²) in [6, 6.07) is 6.72. The standard InChI is InChI=1S/C12H12BrNO3/c1-8(13)6-7-17-14-11(15)9-4-2-3-5-10(9)12(14)16/h2-5,8H,6-7H2,1H3. The van der Waals surface area contributed by atoms with E-state index < -0.39 is 0 Å². The zero-order valence-corrected chi connectivity index (χ0v) is 10.9. The Morgan fingerprint density at radius 2 is 1.76 bits per heavy atom. The van der Waals surface area contributed by atoms with Crippen LogP contribution in [0.4, 0.5) is 0 Å². The quantitative estimate of drug-likeness (QED) is 0.633. The fourth-order valence-corrected chi connectivity index (χ4v) is 1.78. The van der Waals surface area contributed by atoms with Gasteiger partial charge in [-0.2, -0.15) is 0 Å². The van der Waals surface area contributed by atoms with E-state index in [1.165, 1.54) is 0 Å². The van der Waals surface area contributed by atoms with Crippen molar-refractivity contribution in [3.63, 3.8) is 0 Å². The van der Waals surface area contributed by atoms with Crippen molar-refractivity contribution in [2.24, 2.45) is 0 Å². The van der Waals surface area contributed by atoms with E-state index in [0.717, 1.165) is 11.5 Å². The molecule has 1 aromatic rings. The van der Waals surface area contributed by atoms with Crippen LogP contribution in [0.5, 0.6) is 0 Å². The van der Waals surface area contributed by atoms with Gasteiger partial charge in [0.2, 0.25) is 0 Å². The van der Waals surface area contributed by atoms with Crippen LogP contribution in [-0.2, 0) is 4.84 Å². The van der Waals surface area contributed by atoms with Gasteiger partial charge in [0.15, 0.2) is 0 Å². The predicted molar refractivity (Wildman–Crippen MR) is 65.9 cm³/mol. The molecule has 0 fully saturated rings. The van der Waals surface area contributed by atoms with Gasteiger partial charge in [-0.1, -0.05) is 35.0 Å². The number of benzene rings is 1. The average molecular weight is 298 g/mol. The highest BCUT2D eigenvalue weighted by Gasteiger charge is 2.36. The van der Waals surface area contributed by atoms with Crippen LogP contribution in [0.2, 0.25) is 0 Å². The monoisotopic (exact) mass is 297 g/mol. The summed E-state index contributed by atoms with van der Waals surface area (Å²) in [7, 11) is 0. The van der Waals surface area contributed by atoms with E-state index in [4.69, 9.17) is 4.84 Å². The third-order valence-corrected chi connectivity index (χ3v) is 2.95. The van der Waals surface area contributed by atoms with Gasteiger partial charge in [0.1, 0.15) is 0 Å². The molecule has 5 heteroatoms. The van der Waals surface area contributed by atoms with Gasteiger partial charge < -0.3 is 0 Å². The molecule has 1 aliphatic heterocycles. The lowest BCUT2D eigenvalue weighted by Gasteiger charge is -2.13. The lowest BCUT2D eigenvalue weighted by atomic mass is 10.1. The van der Waals surface area contributed by atoms with Gasteiger partial charge in [0.05, 0.1) is 17.7 Å². The Morgan fingerprint density at radius 1 is 1.24 bits per heavy atom. The fourth-order valence-electron chi connectivity index (χ4n) is 1.59. The number of amides is 2. The van der Waals surface area contributed by atoms with Crippen LogP contribution in [0, 0.1) is 0 Å². The first-order valence-corrected chi connectivity index (χ1v) is 6.27. The van der Waals surface area contributed by atoms with Crippen LogP contribution in [0.1, 0.15) is 34.1 Å². The Bertz CT molecular complexity index is 424. The van der Waals surface area contributed by atoms with E-state index in [0.29, 0.717) is 17.7 Å². The molecule has 0 bridgehead atoms. The number of carbonyl (C=O) groups excluding carboxylic acids is 2. The first kappa shape index (κ1) is 12.3. The minimum absolute atomic E-state index is 0.290. The van der Waals surface area contributed by atoms with Gasteiger partial charge in [-0.3, -0.25) is 14.4 Å². The maximum absolute atomic E-state index is 11.9. The average Bonchev–Trinajstić information content (AvgIpc) is 2.54. The van der Waals surface area contributed by atoms with Crippen molar-refractivity contribution in [3.05, 3.63) is 35.4 Å². The topological polar surface area (TPSA) is 46.6 Å². The van der Waals surface area contributed by atoms with Crippen molar-refractivity contribution < 1.29 is 14.4 Å². The number of carbonyl (C=O) groups is 2.